The highest BCUT2D eigenvalue weighted by Gasteiger charge is 2.19. The van der Waals surface area contributed by atoms with Gasteiger partial charge >= 0.3 is 0 Å². The van der Waals surface area contributed by atoms with Crippen LogP contribution in [-0.4, -0.2) is 29.0 Å². The van der Waals surface area contributed by atoms with Crippen molar-refractivity contribution in [2.75, 3.05) is 18.0 Å². The maximum Gasteiger partial charge on any atom is 0.272 e. The first kappa shape index (κ1) is 18.8. The van der Waals surface area contributed by atoms with E-state index >= 15 is 0 Å². The van der Waals surface area contributed by atoms with Crippen molar-refractivity contribution in [2.24, 2.45) is 0 Å². The second-order valence-corrected chi connectivity index (χ2v) is 7.36. The third-order valence-electron chi connectivity index (χ3n) is 4.55. The number of aromatic nitrogens is 2. The number of carbonyl (C=O) groups excluding carboxylic acids is 1. The molecular weight excluding hydrogens is 399 g/mol. The first-order chi connectivity index (χ1) is 13.6. The number of anilines is 1. The van der Waals surface area contributed by atoms with Crippen LogP contribution < -0.4 is 10.2 Å². The monoisotopic (exact) mass is 416 g/mol. The first-order valence-corrected chi connectivity index (χ1v) is 9.76. The lowest BCUT2D eigenvalue weighted by Gasteiger charge is -2.15. The topological polar surface area (TPSA) is 71.3 Å². The Bertz CT molecular complexity index is 982. The summed E-state index contributed by atoms with van der Waals surface area (Å²) < 4.78 is 5.80. The molecule has 3 aromatic rings. The van der Waals surface area contributed by atoms with Gasteiger partial charge in [-0.1, -0.05) is 23.2 Å². The number of halogens is 2. The first-order valence-electron chi connectivity index (χ1n) is 9.00. The molecule has 3 heterocycles. The molecule has 8 heteroatoms. The van der Waals surface area contributed by atoms with E-state index in [9.17, 15) is 4.79 Å². The van der Waals surface area contributed by atoms with E-state index in [1.807, 2.05) is 24.3 Å². The molecule has 1 amide bonds. The van der Waals surface area contributed by atoms with Gasteiger partial charge in [-0.25, -0.2) is 9.97 Å². The van der Waals surface area contributed by atoms with Gasteiger partial charge in [-0.2, -0.15) is 0 Å². The Morgan fingerprint density at radius 3 is 2.61 bits per heavy atom. The van der Waals surface area contributed by atoms with E-state index in [4.69, 9.17) is 27.6 Å². The van der Waals surface area contributed by atoms with Crippen molar-refractivity contribution in [3.63, 3.8) is 0 Å². The fourth-order valence-electron chi connectivity index (χ4n) is 3.08. The van der Waals surface area contributed by atoms with Crippen LogP contribution in [0.3, 0.4) is 0 Å². The number of benzene rings is 1. The van der Waals surface area contributed by atoms with Gasteiger partial charge in [-0.15, -0.1) is 0 Å². The minimum Gasteiger partial charge on any atom is -0.459 e. The molecule has 144 valence electrons. The van der Waals surface area contributed by atoms with Crippen molar-refractivity contribution in [3.05, 3.63) is 64.1 Å². The maximum atomic E-state index is 12.6. The zero-order valence-corrected chi connectivity index (χ0v) is 16.5. The second kappa shape index (κ2) is 8.20. The Balaban J connectivity index is 1.43. The number of rotatable bonds is 5. The van der Waals surface area contributed by atoms with E-state index < -0.39 is 0 Å². The number of nitrogens with one attached hydrogen (secondary N) is 1. The van der Waals surface area contributed by atoms with Gasteiger partial charge in [-0.3, -0.25) is 4.79 Å². The van der Waals surface area contributed by atoms with Gasteiger partial charge in [0.25, 0.3) is 5.91 Å². The van der Waals surface area contributed by atoms with Crippen LogP contribution in [0.5, 0.6) is 0 Å². The molecule has 0 aliphatic carbocycles. The van der Waals surface area contributed by atoms with Crippen molar-refractivity contribution < 1.29 is 9.21 Å². The van der Waals surface area contributed by atoms with Gasteiger partial charge in [-0.05, 0) is 49.2 Å². The number of hydrogen-bond acceptors (Lipinski definition) is 5. The van der Waals surface area contributed by atoms with Crippen molar-refractivity contribution in [1.82, 2.24) is 15.3 Å². The summed E-state index contributed by atoms with van der Waals surface area (Å²) in [6, 6.07) is 11.0. The largest absolute Gasteiger partial charge is 0.459 e. The Labute approximate surface area is 172 Å². The van der Waals surface area contributed by atoms with Crippen LogP contribution in [0.15, 0.2) is 47.0 Å². The van der Waals surface area contributed by atoms with Crippen LogP contribution in [0.1, 0.15) is 29.1 Å². The van der Waals surface area contributed by atoms with Crippen molar-refractivity contribution in [1.29, 1.82) is 0 Å². The summed E-state index contributed by atoms with van der Waals surface area (Å²) in [6.07, 6.45) is 3.67. The van der Waals surface area contributed by atoms with Gasteiger partial charge in [0.2, 0.25) is 5.95 Å². The summed E-state index contributed by atoms with van der Waals surface area (Å²) in [5.74, 6) is 1.51. The zero-order valence-electron chi connectivity index (χ0n) is 15.0. The molecule has 28 heavy (non-hydrogen) atoms. The molecule has 1 aliphatic rings. The molecule has 2 aromatic heterocycles. The van der Waals surface area contributed by atoms with Crippen LogP contribution >= 0.6 is 23.2 Å². The molecule has 0 saturated carbocycles. The summed E-state index contributed by atoms with van der Waals surface area (Å²) in [6.45, 7) is 2.01. The van der Waals surface area contributed by atoms with E-state index in [1.54, 1.807) is 12.1 Å². The fourth-order valence-corrected chi connectivity index (χ4v) is 3.38. The van der Waals surface area contributed by atoms with Gasteiger partial charge in [0.1, 0.15) is 11.5 Å². The summed E-state index contributed by atoms with van der Waals surface area (Å²) in [5.41, 5.74) is 1.08. The number of amides is 1. The van der Waals surface area contributed by atoms with Gasteiger partial charge in [0.15, 0.2) is 5.69 Å². The quantitative estimate of drug-likeness (QED) is 0.659. The fraction of sp³-hybridized carbons (Fsp3) is 0.250. The molecule has 0 bridgehead atoms. The zero-order chi connectivity index (χ0) is 19.5. The van der Waals surface area contributed by atoms with E-state index in [-0.39, 0.29) is 23.2 Å². The lowest BCUT2D eigenvalue weighted by atomic mass is 10.2. The molecule has 1 saturated heterocycles. The number of carbonyl (C=O) groups is 1. The summed E-state index contributed by atoms with van der Waals surface area (Å²) in [7, 11) is 0. The Morgan fingerprint density at radius 2 is 1.86 bits per heavy atom. The summed E-state index contributed by atoms with van der Waals surface area (Å²) in [4.78, 5) is 23.2. The average molecular weight is 417 g/mol. The molecule has 4 rings (SSSR count). The standard InChI is InChI=1S/C20H18Cl2N4O2/c21-14-5-3-13(4-6-14)17-8-7-15(28-17)11-23-19(27)18-16(22)12-24-20(25-18)26-9-1-2-10-26/h3-8,12H,1-2,9-11H2,(H,23,27). The van der Waals surface area contributed by atoms with E-state index in [2.05, 4.69) is 20.2 Å². The van der Waals surface area contributed by atoms with Crippen LogP contribution in [0.2, 0.25) is 10.0 Å². The molecule has 6 nitrogen and oxygen atoms in total. The van der Waals surface area contributed by atoms with E-state index in [0.29, 0.717) is 22.5 Å². The highest BCUT2D eigenvalue weighted by Crippen LogP contribution is 2.24. The molecule has 1 aliphatic heterocycles. The van der Waals surface area contributed by atoms with E-state index in [0.717, 1.165) is 31.5 Å². The average Bonchev–Trinajstić information content (AvgIpc) is 3.39. The summed E-state index contributed by atoms with van der Waals surface area (Å²) in [5, 5.41) is 3.69. The van der Waals surface area contributed by atoms with Crippen LogP contribution in [0, 0.1) is 0 Å². The van der Waals surface area contributed by atoms with Gasteiger partial charge in [0, 0.05) is 23.7 Å². The Kier molecular flexibility index (Phi) is 5.50. The molecule has 0 atom stereocenters. The van der Waals surface area contributed by atoms with Crippen LogP contribution in [0.4, 0.5) is 5.95 Å². The highest BCUT2D eigenvalue weighted by molar-refractivity contribution is 6.33. The molecular formula is C20H18Cl2N4O2. The maximum absolute atomic E-state index is 12.6. The predicted molar refractivity (Wildman–Crippen MR) is 109 cm³/mol. The third-order valence-corrected chi connectivity index (χ3v) is 5.08. The van der Waals surface area contributed by atoms with Crippen molar-refractivity contribution >= 4 is 35.1 Å². The summed E-state index contributed by atoms with van der Waals surface area (Å²) >= 11 is 12.0. The Morgan fingerprint density at radius 1 is 1.11 bits per heavy atom. The number of hydrogen-bond donors (Lipinski definition) is 1. The SMILES string of the molecule is O=C(NCc1ccc(-c2ccc(Cl)cc2)o1)c1nc(N2CCCC2)ncc1Cl. The van der Waals surface area contributed by atoms with Gasteiger partial charge < -0.3 is 14.6 Å². The molecule has 0 radical (unpaired) electrons. The number of furan rings is 1. The molecule has 0 spiro atoms. The minimum absolute atomic E-state index is 0.169. The lowest BCUT2D eigenvalue weighted by Crippen LogP contribution is -2.26. The van der Waals surface area contributed by atoms with E-state index in [1.165, 1.54) is 6.20 Å². The Hall–Kier alpha value is -2.57. The number of nitrogens with zero attached hydrogens (tertiary/aromatic N) is 3. The lowest BCUT2D eigenvalue weighted by molar-refractivity contribution is 0.0943. The molecule has 1 fully saturated rings. The van der Waals surface area contributed by atoms with Crippen LogP contribution in [-0.2, 0) is 6.54 Å². The molecule has 1 aromatic carbocycles. The third kappa shape index (κ3) is 4.13. The normalized spacial score (nSPS) is 13.7. The van der Waals surface area contributed by atoms with Gasteiger partial charge in [0.05, 0.1) is 17.8 Å². The molecule has 1 N–H and O–H groups in total. The smallest absolute Gasteiger partial charge is 0.272 e. The highest BCUT2D eigenvalue weighted by atomic mass is 35.5. The van der Waals surface area contributed by atoms with Crippen LogP contribution in [0.25, 0.3) is 11.3 Å². The molecule has 0 unspecified atom stereocenters. The van der Waals surface area contributed by atoms with Crippen molar-refractivity contribution in [3.8, 4) is 11.3 Å². The minimum atomic E-state index is -0.364. The van der Waals surface area contributed by atoms with Crippen molar-refractivity contribution in [2.45, 2.75) is 19.4 Å². The second-order valence-electron chi connectivity index (χ2n) is 6.52. The predicted octanol–water partition coefficient (Wildman–Crippen LogP) is 4.57.